The maximum atomic E-state index is 11.4. The van der Waals surface area contributed by atoms with Crippen molar-refractivity contribution in [3.8, 4) is 0 Å². The van der Waals surface area contributed by atoms with E-state index in [1.807, 2.05) is 0 Å². The van der Waals surface area contributed by atoms with Gasteiger partial charge in [-0.2, -0.15) is 0 Å². The second kappa shape index (κ2) is 6.61. The first-order chi connectivity index (χ1) is 12.5. The number of nitrogens with zero attached hydrogens (tertiary/aromatic N) is 4. The summed E-state index contributed by atoms with van der Waals surface area (Å²) in [6.45, 7) is 0. The number of thiophene rings is 1. The molecule has 0 fully saturated rings. The molecule has 4 rings (SSSR count). The summed E-state index contributed by atoms with van der Waals surface area (Å²) in [5, 5.41) is 23.9. The second-order valence-electron chi connectivity index (χ2n) is 5.84. The van der Waals surface area contributed by atoms with E-state index in [0.717, 1.165) is 53.7 Å². The normalized spacial score (nSPS) is 13.5. The molecule has 2 aromatic heterocycles. The van der Waals surface area contributed by atoms with Gasteiger partial charge in [0.1, 0.15) is 16.2 Å². The number of fused-ring (bicyclic) bond motifs is 3. The van der Waals surface area contributed by atoms with Crippen LogP contribution in [0.3, 0.4) is 0 Å². The monoisotopic (exact) mass is 388 g/mol. The summed E-state index contributed by atoms with van der Waals surface area (Å²) in [4.78, 5) is 32.3. The molecule has 2 heterocycles. The van der Waals surface area contributed by atoms with E-state index in [2.05, 4.69) is 9.97 Å². The van der Waals surface area contributed by atoms with E-state index in [4.69, 9.17) is 0 Å². The predicted molar refractivity (Wildman–Crippen MR) is 97.9 cm³/mol. The van der Waals surface area contributed by atoms with Crippen molar-refractivity contribution in [2.75, 3.05) is 0 Å². The molecule has 1 aromatic carbocycles. The lowest BCUT2D eigenvalue weighted by Crippen LogP contribution is -1.99. The van der Waals surface area contributed by atoms with Gasteiger partial charge in [-0.1, -0.05) is 11.8 Å². The molecule has 1 aliphatic carbocycles. The zero-order valence-corrected chi connectivity index (χ0v) is 15.0. The minimum Gasteiger partial charge on any atom is -0.258 e. The van der Waals surface area contributed by atoms with E-state index < -0.39 is 9.85 Å². The summed E-state index contributed by atoms with van der Waals surface area (Å²) < 4.78 is 0. The molecule has 1 aliphatic rings. The van der Waals surface area contributed by atoms with Gasteiger partial charge in [-0.3, -0.25) is 20.2 Å². The van der Waals surface area contributed by atoms with Crippen molar-refractivity contribution in [1.82, 2.24) is 9.97 Å². The van der Waals surface area contributed by atoms with E-state index in [9.17, 15) is 20.2 Å². The highest BCUT2D eigenvalue weighted by atomic mass is 32.2. The molecule has 0 atom stereocenters. The number of benzene rings is 1. The Morgan fingerprint density at radius 1 is 1.08 bits per heavy atom. The minimum atomic E-state index is -0.639. The van der Waals surface area contributed by atoms with Crippen molar-refractivity contribution in [3.05, 3.63) is 55.2 Å². The van der Waals surface area contributed by atoms with Crippen molar-refractivity contribution in [3.63, 3.8) is 0 Å². The van der Waals surface area contributed by atoms with Crippen LogP contribution in [-0.4, -0.2) is 19.8 Å². The molecule has 0 bridgehead atoms. The largest absolute Gasteiger partial charge is 0.290 e. The molecule has 0 spiro atoms. The van der Waals surface area contributed by atoms with Gasteiger partial charge in [0, 0.05) is 16.3 Å². The maximum absolute atomic E-state index is 11.4. The van der Waals surface area contributed by atoms with Crippen LogP contribution in [0, 0.1) is 20.2 Å². The molecule has 0 N–H and O–H groups in total. The fourth-order valence-electron chi connectivity index (χ4n) is 3.09. The third kappa shape index (κ3) is 2.90. The number of nitro groups is 2. The molecule has 0 saturated carbocycles. The molecule has 10 heteroatoms. The summed E-state index contributed by atoms with van der Waals surface area (Å²) in [5.74, 6) is 0. The smallest absolute Gasteiger partial charge is 0.258 e. The summed E-state index contributed by atoms with van der Waals surface area (Å²) in [5.41, 5.74) is 0.644. The molecule has 0 unspecified atom stereocenters. The van der Waals surface area contributed by atoms with Crippen LogP contribution < -0.4 is 0 Å². The van der Waals surface area contributed by atoms with Gasteiger partial charge in [0.05, 0.1) is 20.8 Å². The van der Waals surface area contributed by atoms with E-state index >= 15 is 0 Å². The van der Waals surface area contributed by atoms with Gasteiger partial charge >= 0.3 is 0 Å². The third-order valence-electron chi connectivity index (χ3n) is 4.27. The molecule has 0 saturated heterocycles. The summed E-state index contributed by atoms with van der Waals surface area (Å²) >= 11 is 2.81. The Morgan fingerprint density at radius 3 is 2.65 bits per heavy atom. The maximum Gasteiger partial charge on any atom is 0.290 e. The fourth-order valence-corrected chi connectivity index (χ4v) is 5.39. The Morgan fingerprint density at radius 2 is 1.88 bits per heavy atom. The lowest BCUT2D eigenvalue weighted by atomic mass is 9.97. The summed E-state index contributed by atoms with van der Waals surface area (Å²) in [6.07, 6.45) is 5.71. The fraction of sp³-hybridized carbons (Fsp3) is 0.250. The van der Waals surface area contributed by atoms with Gasteiger partial charge in [-0.05, 0) is 37.3 Å². The third-order valence-corrected chi connectivity index (χ3v) is 6.54. The number of non-ortho nitro benzene ring substituents is 1. The van der Waals surface area contributed by atoms with E-state index in [0.29, 0.717) is 9.92 Å². The standard InChI is InChI=1S/C16H12N4O4S2/c21-19(22)9-5-6-13(11(7-9)20(23)24)26-16-14-10-3-1-2-4-12(10)25-15(14)17-8-18-16/h5-8H,1-4H2. The topological polar surface area (TPSA) is 112 Å². The van der Waals surface area contributed by atoms with Crippen LogP contribution in [0.5, 0.6) is 0 Å². The number of hydrogen-bond donors (Lipinski definition) is 0. The van der Waals surface area contributed by atoms with E-state index in [1.54, 1.807) is 11.3 Å². The van der Waals surface area contributed by atoms with Crippen LogP contribution in [0.15, 0.2) is 34.4 Å². The Labute approximate surface area is 155 Å². The van der Waals surface area contributed by atoms with Crippen molar-refractivity contribution < 1.29 is 9.85 Å². The molecule has 132 valence electrons. The van der Waals surface area contributed by atoms with Crippen LogP contribution in [0.4, 0.5) is 11.4 Å². The number of aryl methyl sites for hydroxylation is 2. The van der Waals surface area contributed by atoms with Crippen molar-refractivity contribution in [2.24, 2.45) is 0 Å². The average molecular weight is 388 g/mol. The van der Waals surface area contributed by atoms with Gasteiger partial charge in [0.15, 0.2) is 0 Å². The number of nitro benzene ring substituents is 2. The van der Waals surface area contributed by atoms with Crippen molar-refractivity contribution in [1.29, 1.82) is 0 Å². The zero-order valence-electron chi connectivity index (χ0n) is 13.4. The number of rotatable bonds is 4. The SMILES string of the molecule is O=[N+]([O-])c1ccc(Sc2ncnc3sc4c(c23)CCCC4)c([N+](=O)[O-])c1. The lowest BCUT2D eigenvalue weighted by molar-refractivity contribution is -0.396. The number of aromatic nitrogens is 2. The minimum absolute atomic E-state index is 0.292. The highest BCUT2D eigenvalue weighted by Crippen LogP contribution is 2.43. The highest BCUT2D eigenvalue weighted by Gasteiger charge is 2.24. The molecular weight excluding hydrogens is 376 g/mol. The first-order valence-electron chi connectivity index (χ1n) is 7.90. The lowest BCUT2D eigenvalue weighted by Gasteiger charge is -2.11. The Balaban J connectivity index is 1.82. The van der Waals surface area contributed by atoms with Crippen molar-refractivity contribution in [2.45, 2.75) is 35.6 Å². The average Bonchev–Trinajstić information content (AvgIpc) is 3.01. The first-order valence-corrected chi connectivity index (χ1v) is 9.54. The highest BCUT2D eigenvalue weighted by molar-refractivity contribution is 7.99. The molecule has 0 amide bonds. The molecule has 26 heavy (non-hydrogen) atoms. The van der Waals surface area contributed by atoms with E-state index in [-0.39, 0.29) is 11.4 Å². The van der Waals surface area contributed by atoms with Gasteiger partial charge < -0.3 is 0 Å². The Bertz CT molecular complexity index is 1050. The summed E-state index contributed by atoms with van der Waals surface area (Å²) in [6, 6.07) is 3.67. The Hall–Kier alpha value is -2.59. The van der Waals surface area contributed by atoms with Crippen molar-refractivity contribution >= 4 is 44.7 Å². The molecular formula is C16H12N4O4S2. The molecule has 0 radical (unpaired) electrons. The number of hydrogen-bond acceptors (Lipinski definition) is 8. The van der Waals surface area contributed by atoms with Crippen LogP contribution in [0.2, 0.25) is 0 Å². The quantitative estimate of drug-likeness (QED) is 0.366. The van der Waals surface area contributed by atoms with Crippen LogP contribution in [0.1, 0.15) is 23.3 Å². The first kappa shape index (κ1) is 16.9. The van der Waals surface area contributed by atoms with Gasteiger partial charge in [0.2, 0.25) is 0 Å². The van der Waals surface area contributed by atoms with Crippen LogP contribution in [0.25, 0.3) is 10.2 Å². The van der Waals surface area contributed by atoms with E-state index in [1.165, 1.54) is 28.9 Å². The summed E-state index contributed by atoms with van der Waals surface area (Å²) in [7, 11) is 0. The van der Waals surface area contributed by atoms with Crippen LogP contribution >= 0.6 is 23.1 Å². The molecule has 3 aromatic rings. The van der Waals surface area contributed by atoms with Gasteiger partial charge in [-0.15, -0.1) is 11.3 Å². The zero-order chi connectivity index (χ0) is 18.3. The van der Waals surface area contributed by atoms with Crippen LogP contribution in [-0.2, 0) is 12.8 Å². The molecule has 0 aliphatic heterocycles. The van der Waals surface area contributed by atoms with Gasteiger partial charge in [0.25, 0.3) is 11.4 Å². The van der Waals surface area contributed by atoms with Gasteiger partial charge in [-0.25, -0.2) is 9.97 Å². The second-order valence-corrected chi connectivity index (χ2v) is 7.95. The molecule has 8 nitrogen and oxygen atoms in total. The predicted octanol–water partition coefficient (Wildman–Crippen LogP) is 4.54. The Kier molecular flexibility index (Phi) is 4.29.